The molecule has 2 aromatic heterocycles. The SMILES string of the molecule is CC1(C)c2ccccc2-c2ccc(-c3ccc(-c4cccc5c6ccccc6n(-c6ccc(-c7cc(-c8ccccc8)nc(-c8ccccc8)c7)cc6)c45)cc3)cc21. The summed E-state index contributed by atoms with van der Waals surface area (Å²) in [5.41, 5.74) is 20.3. The summed E-state index contributed by atoms with van der Waals surface area (Å²) in [5.74, 6) is 0. The molecule has 0 amide bonds. The highest BCUT2D eigenvalue weighted by Gasteiger charge is 2.35. The molecule has 0 spiro atoms. The maximum absolute atomic E-state index is 5.11. The first-order valence-corrected chi connectivity index (χ1v) is 20.1. The number of para-hydroxylation sites is 2. The molecule has 2 heteroatoms. The Bertz CT molecular complexity index is 3090. The summed E-state index contributed by atoms with van der Waals surface area (Å²) in [6.07, 6.45) is 0. The van der Waals surface area contributed by atoms with Crippen LogP contribution in [-0.2, 0) is 5.41 Å². The molecule has 0 radical (unpaired) electrons. The fourth-order valence-electron chi connectivity index (χ4n) is 9.26. The molecule has 0 aliphatic heterocycles. The van der Waals surface area contributed by atoms with Gasteiger partial charge in [0.15, 0.2) is 0 Å². The Morgan fingerprint density at radius 3 is 1.62 bits per heavy atom. The Labute approximate surface area is 339 Å². The van der Waals surface area contributed by atoms with Crippen LogP contribution in [0.1, 0.15) is 25.0 Å². The first kappa shape index (κ1) is 34.0. The van der Waals surface area contributed by atoms with Crippen molar-refractivity contribution in [2.45, 2.75) is 19.3 Å². The summed E-state index contributed by atoms with van der Waals surface area (Å²) in [4.78, 5) is 5.11. The fraction of sp³-hybridized carbons (Fsp3) is 0.0536. The van der Waals surface area contributed by atoms with Crippen molar-refractivity contribution >= 4 is 21.8 Å². The molecule has 1 aliphatic rings. The smallest absolute Gasteiger partial charge is 0.0715 e. The van der Waals surface area contributed by atoms with Gasteiger partial charge >= 0.3 is 0 Å². The summed E-state index contributed by atoms with van der Waals surface area (Å²) < 4.78 is 2.44. The van der Waals surface area contributed by atoms with Crippen LogP contribution in [0.4, 0.5) is 0 Å². The molecule has 1 aliphatic carbocycles. The number of fused-ring (bicyclic) bond motifs is 6. The Morgan fingerprint density at radius 1 is 0.362 bits per heavy atom. The first-order valence-electron chi connectivity index (χ1n) is 20.1. The van der Waals surface area contributed by atoms with Crippen LogP contribution in [0.2, 0.25) is 0 Å². The zero-order chi connectivity index (χ0) is 38.8. The Morgan fingerprint density at radius 2 is 0.897 bits per heavy atom. The summed E-state index contributed by atoms with van der Waals surface area (Å²) >= 11 is 0. The molecule has 0 saturated carbocycles. The molecule has 0 saturated heterocycles. The molecule has 2 heterocycles. The van der Waals surface area contributed by atoms with Crippen molar-refractivity contribution in [3.8, 4) is 72.7 Å². The molecule has 274 valence electrons. The second-order valence-electron chi connectivity index (χ2n) is 16.0. The van der Waals surface area contributed by atoms with E-state index in [4.69, 9.17) is 4.98 Å². The molecule has 8 aromatic carbocycles. The minimum Gasteiger partial charge on any atom is -0.309 e. The fourth-order valence-corrected chi connectivity index (χ4v) is 9.26. The van der Waals surface area contributed by atoms with Crippen LogP contribution < -0.4 is 0 Å². The van der Waals surface area contributed by atoms with Crippen molar-refractivity contribution in [2.24, 2.45) is 0 Å². The van der Waals surface area contributed by atoms with Crippen molar-refractivity contribution in [3.05, 3.63) is 217 Å². The van der Waals surface area contributed by atoms with Crippen LogP contribution in [0, 0.1) is 0 Å². The monoisotopic (exact) mass is 740 g/mol. The van der Waals surface area contributed by atoms with Crippen LogP contribution in [0.3, 0.4) is 0 Å². The molecule has 10 aromatic rings. The van der Waals surface area contributed by atoms with Gasteiger partial charge in [-0.05, 0) is 86.5 Å². The van der Waals surface area contributed by atoms with E-state index in [0.717, 1.165) is 39.3 Å². The van der Waals surface area contributed by atoms with Gasteiger partial charge in [-0.1, -0.05) is 184 Å². The van der Waals surface area contributed by atoms with E-state index < -0.39 is 0 Å². The topological polar surface area (TPSA) is 17.8 Å². The van der Waals surface area contributed by atoms with Crippen molar-refractivity contribution in [3.63, 3.8) is 0 Å². The number of aromatic nitrogens is 2. The zero-order valence-electron chi connectivity index (χ0n) is 32.5. The minimum absolute atomic E-state index is 0.0301. The molecular formula is C56H40N2. The van der Waals surface area contributed by atoms with Gasteiger partial charge in [0.1, 0.15) is 0 Å². The highest BCUT2D eigenvalue weighted by Crippen LogP contribution is 2.49. The lowest BCUT2D eigenvalue weighted by atomic mass is 9.81. The second-order valence-corrected chi connectivity index (χ2v) is 16.0. The predicted molar refractivity (Wildman–Crippen MR) is 243 cm³/mol. The van der Waals surface area contributed by atoms with Crippen molar-refractivity contribution in [1.82, 2.24) is 9.55 Å². The lowest BCUT2D eigenvalue weighted by Gasteiger charge is -2.22. The van der Waals surface area contributed by atoms with Gasteiger partial charge in [-0.2, -0.15) is 0 Å². The molecule has 0 N–H and O–H groups in total. The maximum Gasteiger partial charge on any atom is 0.0715 e. The minimum atomic E-state index is -0.0301. The molecule has 11 rings (SSSR count). The van der Waals surface area contributed by atoms with E-state index in [9.17, 15) is 0 Å². The number of pyridine rings is 1. The van der Waals surface area contributed by atoms with E-state index >= 15 is 0 Å². The number of hydrogen-bond acceptors (Lipinski definition) is 1. The van der Waals surface area contributed by atoms with E-state index in [-0.39, 0.29) is 5.41 Å². The third-order valence-electron chi connectivity index (χ3n) is 12.2. The van der Waals surface area contributed by atoms with E-state index in [0.29, 0.717) is 0 Å². The van der Waals surface area contributed by atoms with Gasteiger partial charge < -0.3 is 4.57 Å². The predicted octanol–water partition coefficient (Wildman–Crippen LogP) is 14.8. The van der Waals surface area contributed by atoms with Crippen LogP contribution in [-0.4, -0.2) is 9.55 Å². The van der Waals surface area contributed by atoms with Gasteiger partial charge in [0.2, 0.25) is 0 Å². The first-order chi connectivity index (χ1) is 28.5. The van der Waals surface area contributed by atoms with Gasteiger partial charge in [-0.15, -0.1) is 0 Å². The number of hydrogen-bond donors (Lipinski definition) is 0. The standard InChI is InChI=1S/C56H40N2/c1-56(2)50-22-11-9-18-46(50)47-33-30-42(34-51(47)56)37-24-26-39(27-25-37)45-20-13-21-49-48-19-10-12-23-54(48)58(55(45)49)44-31-28-38(29-32-44)43-35-52(40-14-5-3-6-15-40)57-53(36-43)41-16-7-4-8-17-41/h3-36H,1-2H3. The second kappa shape index (κ2) is 13.4. The van der Waals surface area contributed by atoms with Crippen molar-refractivity contribution < 1.29 is 0 Å². The largest absolute Gasteiger partial charge is 0.309 e. The quantitative estimate of drug-likeness (QED) is 0.166. The number of benzene rings is 8. The third-order valence-corrected chi connectivity index (χ3v) is 12.2. The van der Waals surface area contributed by atoms with Gasteiger partial charge in [0, 0.05) is 38.6 Å². The number of rotatable bonds is 6. The molecule has 0 unspecified atom stereocenters. The molecular weight excluding hydrogens is 701 g/mol. The van der Waals surface area contributed by atoms with Crippen molar-refractivity contribution in [1.29, 1.82) is 0 Å². The van der Waals surface area contributed by atoms with Crippen LogP contribution in [0.5, 0.6) is 0 Å². The Hall–Kier alpha value is -7.29. The van der Waals surface area contributed by atoms with Crippen LogP contribution >= 0.6 is 0 Å². The highest BCUT2D eigenvalue weighted by atomic mass is 15.0. The summed E-state index contributed by atoms with van der Waals surface area (Å²) in [6, 6.07) is 74.9. The molecule has 2 nitrogen and oxygen atoms in total. The van der Waals surface area contributed by atoms with E-state index in [2.05, 4.69) is 213 Å². The number of nitrogens with zero attached hydrogens (tertiary/aromatic N) is 2. The van der Waals surface area contributed by atoms with Gasteiger partial charge in [0.05, 0.1) is 22.4 Å². The van der Waals surface area contributed by atoms with E-state index in [1.165, 1.54) is 66.3 Å². The van der Waals surface area contributed by atoms with Gasteiger partial charge in [-0.3, -0.25) is 0 Å². The van der Waals surface area contributed by atoms with Gasteiger partial charge in [0.25, 0.3) is 0 Å². The maximum atomic E-state index is 5.11. The zero-order valence-corrected chi connectivity index (χ0v) is 32.5. The lowest BCUT2D eigenvalue weighted by molar-refractivity contribution is 0.660. The normalized spacial score (nSPS) is 12.8. The van der Waals surface area contributed by atoms with Crippen molar-refractivity contribution in [2.75, 3.05) is 0 Å². The average Bonchev–Trinajstić information content (AvgIpc) is 3.75. The molecule has 58 heavy (non-hydrogen) atoms. The van der Waals surface area contributed by atoms with E-state index in [1.54, 1.807) is 0 Å². The van der Waals surface area contributed by atoms with E-state index in [1.807, 2.05) is 12.1 Å². The summed E-state index contributed by atoms with van der Waals surface area (Å²) in [7, 11) is 0. The van der Waals surface area contributed by atoms with Crippen LogP contribution in [0.15, 0.2) is 206 Å². The highest BCUT2D eigenvalue weighted by molar-refractivity contribution is 6.13. The molecule has 0 fully saturated rings. The summed E-state index contributed by atoms with van der Waals surface area (Å²) in [5, 5.41) is 2.49. The Kier molecular flexibility index (Phi) is 7.87. The lowest BCUT2D eigenvalue weighted by Crippen LogP contribution is -2.14. The average molecular weight is 741 g/mol. The van der Waals surface area contributed by atoms with Crippen LogP contribution in [0.25, 0.3) is 94.5 Å². The summed E-state index contributed by atoms with van der Waals surface area (Å²) in [6.45, 7) is 4.70. The third kappa shape index (κ3) is 5.52. The molecule has 0 atom stereocenters. The Balaban J connectivity index is 0.993. The molecule has 0 bridgehead atoms. The van der Waals surface area contributed by atoms with Gasteiger partial charge in [-0.25, -0.2) is 4.98 Å².